The smallest absolute Gasteiger partial charge is 0.306 e. The van der Waals surface area contributed by atoms with Crippen molar-refractivity contribution in [3.05, 3.63) is 251 Å². The number of aliphatic hydroxyl groups is 3. The van der Waals surface area contributed by atoms with Crippen molar-refractivity contribution in [2.75, 3.05) is 144 Å². The molecule has 0 saturated carbocycles. The van der Waals surface area contributed by atoms with Gasteiger partial charge < -0.3 is 82.1 Å². The normalized spacial score (nSPS) is 11.3. The fourth-order valence-corrected chi connectivity index (χ4v) is 11.7. The number of likely N-dealkylation sites (N-methyl/N-ethyl adjacent to an activating group) is 3. The molecule has 7 aromatic carbocycles. The molecule has 0 amide bonds. The van der Waals surface area contributed by atoms with Crippen LogP contribution in [0.1, 0.15) is 135 Å². The number of carbonyl (C=O) groups is 5. The molecule has 0 heterocycles. The van der Waals surface area contributed by atoms with E-state index in [-0.39, 0.29) is 87.3 Å². The Hall–Kier alpha value is -6.42. The Morgan fingerprint density at radius 3 is 0.858 bits per heavy atom. The zero-order chi connectivity index (χ0) is 87.3. The summed E-state index contributed by atoms with van der Waals surface area (Å²) >= 11 is 9.91. The van der Waals surface area contributed by atoms with E-state index in [0.717, 1.165) is 94.7 Å². The average Bonchev–Trinajstić information content (AvgIpc) is 0.920. The van der Waals surface area contributed by atoms with Gasteiger partial charge in [-0.15, -0.1) is 24.0 Å². The van der Waals surface area contributed by atoms with E-state index >= 15 is 0 Å². The molecule has 0 bridgehead atoms. The highest BCUT2D eigenvalue weighted by atomic mass is 127. The second-order valence-electron chi connectivity index (χ2n) is 29.0. The number of esters is 4. The molecule has 120 heavy (non-hydrogen) atoms. The van der Waals surface area contributed by atoms with Crippen molar-refractivity contribution in [1.29, 1.82) is 0 Å². The fraction of sp³-hybridized carbons (Fsp3) is 0.500. The number of unbranched alkanes of at least 4 members (excludes halogenated alkanes) is 4. The maximum absolute atomic E-state index is 12.4. The van der Waals surface area contributed by atoms with Gasteiger partial charge >= 0.3 is 29.8 Å². The Balaban J connectivity index is 0.00000155. The van der Waals surface area contributed by atoms with Gasteiger partial charge in [-0.25, -0.2) is 0 Å². The third-order valence-corrected chi connectivity index (χ3v) is 17.8. The van der Waals surface area contributed by atoms with E-state index in [2.05, 4.69) is 59.9 Å². The van der Waals surface area contributed by atoms with Crippen molar-refractivity contribution < 1.29 is 96.3 Å². The van der Waals surface area contributed by atoms with Crippen LogP contribution >= 0.6 is 71.8 Å². The number of hydrogen-bond acceptors (Lipinski definition) is 20. The summed E-state index contributed by atoms with van der Waals surface area (Å²) in [5, 5.41) is 37.1. The zero-order valence-electron chi connectivity index (χ0n) is 71.9. The number of aliphatic hydroxyl groups excluding tert-OH is 3. The van der Waals surface area contributed by atoms with Crippen LogP contribution in [0.25, 0.3) is 0 Å². The number of quaternary nitrogens is 1. The molecule has 3 unspecified atom stereocenters. The summed E-state index contributed by atoms with van der Waals surface area (Å²) in [6.07, 6.45) is 7.99. The molecule has 0 radical (unpaired) electrons. The molecule has 0 aliphatic carbocycles. The lowest BCUT2D eigenvalue weighted by Gasteiger charge is -2.28. The Kier molecular flexibility index (Phi) is 75.5. The minimum Gasteiger partial charge on any atom is -0.481 e. The van der Waals surface area contributed by atoms with Crippen molar-refractivity contribution in [3.63, 3.8) is 0 Å². The van der Waals surface area contributed by atoms with Gasteiger partial charge in [-0.1, -0.05) is 260 Å². The molecule has 7 aromatic rings. The number of alkyl halides is 3. The first kappa shape index (κ1) is 114. The average molecular weight is 1980 g/mol. The van der Waals surface area contributed by atoms with Crippen LogP contribution in [0.5, 0.6) is 0 Å². The van der Waals surface area contributed by atoms with Gasteiger partial charge in [0.05, 0.1) is 93.1 Å². The summed E-state index contributed by atoms with van der Waals surface area (Å²) in [6, 6.07) is 69.4. The highest BCUT2D eigenvalue weighted by Gasteiger charge is 2.24. The zero-order valence-corrected chi connectivity index (χ0v) is 79.0. The number of carbonyl (C=O) groups excluding carboxylic acids is 4. The first-order valence-electron chi connectivity index (χ1n) is 40.9. The number of aliphatic carboxylic acids is 1. The molecule has 4 N–H and O–H groups in total. The largest absolute Gasteiger partial charge is 0.481 e. The molecule has 0 aliphatic heterocycles. The van der Waals surface area contributed by atoms with Crippen LogP contribution in [0.15, 0.2) is 212 Å². The number of benzene rings is 7. The molecule has 26 heteroatoms. The molecule has 0 aliphatic rings. The number of ether oxygens (including phenoxy) is 10. The first-order valence-corrected chi connectivity index (χ1v) is 44.3. The molecule has 22 nitrogen and oxygen atoms in total. The van der Waals surface area contributed by atoms with Crippen molar-refractivity contribution >= 4 is 102 Å². The first-order chi connectivity index (χ1) is 57.6. The number of halogens is 4. The molecule has 0 spiro atoms. The minimum absolute atomic E-state index is 0. The van der Waals surface area contributed by atoms with Crippen molar-refractivity contribution in [3.8, 4) is 0 Å². The van der Waals surface area contributed by atoms with Crippen LogP contribution in [0, 0.1) is 0 Å². The minimum atomic E-state index is -0.826. The second-order valence-corrected chi connectivity index (χ2v) is 31.4. The van der Waals surface area contributed by atoms with Gasteiger partial charge in [0.25, 0.3) is 0 Å². The summed E-state index contributed by atoms with van der Waals surface area (Å²) in [7, 11) is 13.5. The molecule has 0 aromatic heterocycles. The standard InChI is InChI=1S/C30H44NO6.C29H41NO6.C10H13BrO.C10H12O3.C7H8O.C5H13NO2.C3H6Br2.HI/c1-31(2,3)22-28(37-30(33)19-11-13-21-35-24-27-16-8-5-9-17-27)25-36-29(32)18-10-12-20-34-23-26-14-6-4-7-15-26;1-30(2)21-27(36-29(32)18-10-12-20-34-23-26-15-7-4-8-16-26)24-35-28(31)17-9-11-19-33-22-25-13-5-3-6-14-25;11-7-4-8-12-9-10-5-2-1-3-6-10;11-10(12)6-7-13-8-9-4-2-1-3-5-9;8-6-7-4-2-1-3-5-7;1-6(2)3-5(8)4-7;4-2-1-3-5;/h4-9,14-17,28H,10-13,18-25H2,1-3H3;3-8,13-16,27H,9-12,17-24H2,1-2H3;1-3,5-6H,4,7-9H2;1-5H,6-8H2,(H,11,12);1-5,8H,6H2;5,7-8H,3-4H2,1-2H3;1-3H2;1H/q+1;;;;;;;. The maximum Gasteiger partial charge on any atom is 0.306 e. The van der Waals surface area contributed by atoms with Gasteiger partial charge in [0, 0.05) is 87.8 Å². The molecule has 7 rings (SSSR count). The van der Waals surface area contributed by atoms with Gasteiger partial charge in [-0.2, -0.15) is 0 Å². The van der Waals surface area contributed by atoms with Crippen LogP contribution in [0.2, 0.25) is 0 Å². The Bertz CT molecular complexity index is 3480. The summed E-state index contributed by atoms with van der Waals surface area (Å²) in [6.45, 7) is 8.69. The van der Waals surface area contributed by atoms with E-state index in [4.69, 9.17) is 67.8 Å². The third kappa shape index (κ3) is 74.2. The Labute approximate surface area is 758 Å². The van der Waals surface area contributed by atoms with Gasteiger partial charge in [0.15, 0.2) is 6.10 Å². The Morgan fingerprint density at radius 1 is 0.350 bits per heavy atom. The summed E-state index contributed by atoms with van der Waals surface area (Å²) in [5.41, 5.74) is 7.81. The van der Waals surface area contributed by atoms with Crippen LogP contribution in [-0.4, -0.2) is 227 Å². The van der Waals surface area contributed by atoms with Crippen LogP contribution in [0.3, 0.4) is 0 Å². The lowest BCUT2D eigenvalue weighted by atomic mass is 10.2. The van der Waals surface area contributed by atoms with Crippen molar-refractivity contribution in [1.82, 2.24) is 9.80 Å². The van der Waals surface area contributed by atoms with Gasteiger partial charge in [-0.3, -0.25) is 24.0 Å². The predicted molar refractivity (Wildman–Crippen MR) is 497 cm³/mol. The van der Waals surface area contributed by atoms with Gasteiger partial charge in [-0.05, 0) is 131 Å². The highest BCUT2D eigenvalue weighted by molar-refractivity contribution is 14.0. The van der Waals surface area contributed by atoms with Gasteiger partial charge in [0.2, 0.25) is 0 Å². The maximum atomic E-state index is 12.4. The highest BCUT2D eigenvalue weighted by Crippen LogP contribution is 2.13. The monoisotopic (exact) mass is 1980 g/mol. The quantitative estimate of drug-likeness (QED) is 0.00689. The summed E-state index contributed by atoms with van der Waals surface area (Å²) < 4.78 is 55.8. The Morgan fingerprint density at radius 2 is 0.617 bits per heavy atom. The van der Waals surface area contributed by atoms with E-state index < -0.39 is 24.3 Å². The van der Waals surface area contributed by atoms with Crippen LogP contribution < -0.4 is 0 Å². The lowest BCUT2D eigenvalue weighted by molar-refractivity contribution is -0.873. The van der Waals surface area contributed by atoms with Crippen molar-refractivity contribution in [2.45, 2.75) is 161 Å². The topological polar surface area (TPSA) is 265 Å². The molecular weight excluding hydrogens is 1840 g/mol. The molecule has 3 atom stereocenters. The number of hydrogen-bond donors (Lipinski definition) is 4. The lowest BCUT2D eigenvalue weighted by Crippen LogP contribution is -2.45. The number of rotatable bonds is 54. The number of nitrogens with zero attached hydrogens (tertiary/aromatic N) is 3. The van der Waals surface area contributed by atoms with E-state index in [0.29, 0.717) is 135 Å². The van der Waals surface area contributed by atoms with E-state index in [1.165, 1.54) is 12.0 Å². The molecular formula is C94H138Br3IN3O19+. The fourth-order valence-electron chi connectivity index (χ4n) is 10.2. The van der Waals surface area contributed by atoms with E-state index in [1.807, 2.05) is 259 Å². The second kappa shape index (κ2) is 79.7. The number of carboxylic acids is 1. The van der Waals surface area contributed by atoms with E-state index in [1.54, 1.807) is 0 Å². The number of carboxylic acid groups (broad SMARTS) is 1. The molecule has 670 valence electrons. The third-order valence-electron chi connectivity index (χ3n) is 16.1. The summed E-state index contributed by atoms with van der Waals surface area (Å²) in [5.74, 6) is -1.94. The summed E-state index contributed by atoms with van der Waals surface area (Å²) in [4.78, 5) is 62.8. The molecule has 0 saturated heterocycles. The van der Waals surface area contributed by atoms with Crippen LogP contribution in [0.4, 0.5) is 0 Å². The molecule has 0 fully saturated rings. The SMILES string of the molecule is BrCCCBr.BrCCCOCc1ccccc1.CN(C)CC(COC(=O)CCCCOCc1ccccc1)OC(=O)CCCCOCc1ccccc1.CN(C)CC(O)CO.C[N+](C)(C)CC(COC(=O)CCCCOCc1ccccc1)OC(=O)CCCCOCc1ccccc1.I.O=C(O)CCOCc1ccccc1.OCc1ccccc1. The predicted octanol–water partition coefficient (Wildman–Crippen LogP) is 17.2. The van der Waals surface area contributed by atoms with E-state index in [9.17, 15) is 24.0 Å². The van der Waals surface area contributed by atoms with Crippen LogP contribution in [-0.2, 0) is 118 Å². The van der Waals surface area contributed by atoms with Crippen molar-refractivity contribution in [2.24, 2.45) is 0 Å². The van der Waals surface area contributed by atoms with Gasteiger partial charge in [0.1, 0.15) is 25.9 Å².